The van der Waals surface area contributed by atoms with Gasteiger partial charge in [0, 0.05) is 45.2 Å². The Bertz CT molecular complexity index is 616. The largest absolute Gasteiger partial charge is 0.489 e. The summed E-state index contributed by atoms with van der Waals surface area (Å²) in [7, 11) is 0.0304. The van der Waals surface area contributed by atoms with Crippen molar-refractivity contribution in [1.82, 2.24) is 9.47 Å². The van der Waals surface area contributed by atoms with Gasteiger partial charge in [-0.15, -0.1) is 0 Å². The topological polar surface area (TPSA) is 120 Å². The molecule has 1 aromatic rings. The lowest BCUT2D eigenvalue weighted by atomic mass is 9.82. The van der Waals surface area contributed by atoms with Crippen molar-refractivity contribution in [2.24, 2.45) is 0 Å². The van der Waals surface area contributed by atoms with E-state index < -0.39 is 13.1 Å². The number of pyridine rings is 1. The van der Waals surface area contributed by atoms with Gasteiger partial charge in [0.2, 0.25) is 11.5 Å². The summed E-state index contributed by atoms with van der Waals surface area (Å²) in [4.78, 5) is 35.5. The third kappa shape index (κ3) is 6.97. The van der Waals surface area contributed by atoms with Crippen LogP contribution in [0, 0.1) is 0 Å². The highest BCUT2D eigenvalue weighted by Crippen LogP contribution is 2.03. The molecule has 1 aromatic heterocycles. The number of aromatic nitrogens is 1. The van der Waals surface area contributed by atoms with E-state index in [-0.39, 0.29) is 23.4 Å². The fraction of sp³-hybridized carbons (Fsp3) is 0.533. The number of aryl methyl sites for hydroxylation is 1. The fourth-order valence-corrected chi connectivity index (χ4v) is 2.22. The molecule has 0 saturated heterocycles. The van der Waals surface area contributed by atoms with Crippen molar-refractivity contribution in [1.29, 1.82) is 0 Å². The van der Waals surface area contributed by atoms with Crippen molar-refractivity contribution in [2.75, 3.05) is 13.6 Å². The van der Waals surface area contributed by atoms with Crippen molar-refractivity contribution < 1.29 is 24.7 Å². The number of rotatable bonds is 10. The molecule has 0 radical (unpaired) electrons. The molecule has 8 nitrogen and oxygen atoms in total. The Hall–Kier alpha value is -2.13. The molecule has 0 saturated carbocycles. The molecule has 1 rings (SSSR count). The zero-order chi connectivity index (χ0) is 18.1. The first-order chi connectivity index (χ1) is 11.3. The smallest absolute Gasteiger partial charge is 0.481 e. The third-order valence-electron chi connectivity index (χ3n) is 3.65. The third-order valence-corrected chi connectivity index (χ3v) is 3.65. The highest BCUT2D eigenvalue weighted by molar-refractivity contribution is 6.58. The van der Waals surface area contributed by atoms with E-state index >= 15 is 0 Å². The average molecular weight is 338 g/mol. The van der Waals surface area contributed by atoms with Crippen molar-refractivity contribution in [3.63, 3.8) is 0 Å². The van der Waals surface area contributed by atoms with Crippen molar-refractivity contribution >= 4 is 24.5 Å². The SMILES string of the molecule is CN(CCCn1cc(B(O)O)ccc1=O)C(=O)CCCCC(=O)O. The number of carbonyl (C=O) groups excluding carboxylic acids is 1. The normalized spacial score (nSPS) is 10.5. The molecule has 0 spiro atoms. The van der Waals surface area contributed by atoms with Crippen molar-refractivity contribution in [2.45, 2.75) is 38.6 Å². The van der Waals surface area contributed by atoms with E-state index in [1.165, 1.54) is 22.9 Å². The van der Waals surface area contributed by atoms with E-state index in [0.717, 1.165) is 0 Å². The molecular formula is C15H23BN2O6. The second-order valence-electron chi connectivity index (χ2n) is 5.64. The molecule has 1 amide bonds. The lowest BCUT2D eigenvalue weighted by Crippen LogP contribution is -2.35. The van der Waals surface area contributed by atoms with Gasteiger partial charge in [0.1, 0.15) is 0 Å². The van der Waals surface area contributed by atoms with Crippen molar-refractivity contribution in [3.05, 3.63) is 28.7 Å². The number of carboxylic acids is 1. The van der Waals surface area contributed by atoms with Crippen LogP contribution < -0.4 is 11.0 Å². The number of hydrogen-bond acceptors (Lipinski definition) is 5. The zero-order valence-electron chi connectivity index (χ0n) is 13.7. The highest BCUT2D eigenvalue weighted by atomic mass is 16.4. The number of unbranched alkanes of at least 4 members (excludes halogenated alkanes) is 1. The van der Waals surface area contributed by atoms with Crippen LogP contribution >= 0.6 is 0 Å². The molecule has 1 heterocycles. The number of amides is 1. The van der Waals surface area contributed by atoms with Gasteiger partial charge in [-0.05, 0) is 24.7 Å². The second kappa shape index (κ2) is 9.89. The zero-order valence-corrected chi connectivity index (χ0v) is 13.7. The molecule has 0 fully saturated rings. The Morgan fingerprint density at radius 1 is 1.17 bits per heavy atom. The molecule has 132 valence electrons. The van der Waals surface area contributed by atoms with Crippen LogP contribution in [0.3, 0.4) is 0 Å². The first-order valence-electron chi connectivity index (χ1n) is 7.83. The monoisotopic (exact) mass is 338 g/mol. The van der Waals surface area contributed by atoms with Gasteiger partial charge in [0.25, 0.3) is 0 Å². The highest BCUT2D eigenvalue weighted by Gasteiger charge is 2.12. The minimum Gasteiger partial charge on any atom is -0.481 e. The Labute approximate surface area is 140 Å². The minimum atomic E-state index is -1.63. The van der Waals surface area contributed by atoms with E-state index in [0.29, 0.717) is 38.8 Å². The van der Waals surface area contributed by atoms with Crippen LogP contribution in [0.2, 0.25) is 0 Å². The van der Waals surface area contributed by atoms with Crippen LogP contribution in [0.4, 0.5) is 0 Å². The van der Waals surface area contributed by atoms with Gasteiger partial charge < -0.3 is 24.6 Å². The molecule has 0 bridgehead atoms. The average Bonchev–Trinajstić information content (AvgIpc) is 2.52. The summed E-state index contributed by atoms with van der Waals surface area (Å²) in [6, 6.07) is 2.63. The molecule has 0 aliphatic heterocycles. The molecular weight excluding hydrogens is 315 g/mol. The molecule has 0 aliphatic carbocycles. The maximum absolute atomic E-state index is 11.9. The standard InChI is InChI=1S/C15H23BN2O6/c1-17(13(19)5-2-3-6-15(21)22)9-4-10-18-11-12(16(23)24)7-8-14(18)20/h7-8,11,23-24H,2-6,9-10H2,1H3,(H,21,22). The first kappa shape index (κ1) is 19.9. The van der Waals surface area contributed by atoms with Gasteiger partial charge in [-0.25, -0.2) is 0 Å². The maximum atomic E-state index is 11.9. The predicted octanol–water partition coefficient (Wildman–Crippen LogP) is -0.978. The number of hydrogen-bond donors (Lipinski definition) is 3. The molecule has 3 N–H and O–H groups in total. The summed E-state index contributed by atoms with van der Waals surface area (Å²) in [5, 5.41) is 26.8. The van der Waals surface area contributed by atoms with Gasteiger partial charge in [0.05, 0.1) is 0 Å². The van der Waals surface area contributed by atoms with E-state index in [2.05, 4.69) is 0 Å². The summed E-state index contributed by atoms with van der Waals surface area (Å²) >= 11 is 0. The fourth-order valence-electron chi connectivity index (χ4n) is 2.22. The summed E-state index contributed by atoms with van der Waals surface area (Å²) in [6.07, 6.45) is 3.30. The maximum Gasteiger partial charge on any atom is 0.489 e. The van der Waals surface area contributed by atoms with E-state index in [9.17, 15) is 14.4 Å². The van der Waals surface area contributed by atoms with Gasteiger partial charge in [0.15, 0.2) is 0 Å². The number of carbonyl (C=O) groups is 2. The quantitative estimate of drug-likeness (QED) is 0.373. The predicted molar refractivity (Wildman–Crippen MR) is 88.9 cm³/mol. The van der Waals surface area contributed by atoms with E-state index in [1.54, 1.807) is 11.9 Å². The van der Waals surface area contributed by atoms with Crippen LogP contribution in [0.1, 0.15) is 32.1 Å². The molecule has 0 atom stereocenters. The van der Waals surface area contributed by atoms with Crippen LogP contribution in [-0.2, 0) is 16.1 Å². The summed E-state index contributed by atoms with van der Waals surface area (Å²) < 4.78 is 1.37. The van der Waals surface area contributed by atoms with Gasteiger partial charge in [-0.3, -0.25) is 14.4 Å². The minimum absolute atomic E-state index is 0.0625. The number of nitrogens with zero attached hydrogens (tertiary/aromatic N) is 2. The Balaban J connectivity index is 2.38. The van der Waals surface area contributed by atoms with Crippen LogP contribution in [0.5, 0.6) is 0 Å². The lowest BCUT2D eigenvalue weighted by molar-refractivity contribution is -0.137. The Kier molecular flexibility index (Phi) is 8.21. The van der Waals surface area contributed by atoms with Crippen LogP contribution in [0.15, 0.2) is 23.1 Å². The van der Waals surface area contributed by atoms with E-state index in [4.69, 9.17) is 15.2 Å². The van der Waals surface area contributed by atoms with Crippen LogP contribution in [-0.4, -0.2) is 57.2 Å². The molecule has 0 aromatic carbocycles. The number of carboxylic acid groups (broad SMARTS) is 1. The summed E-state index contributed by atoms with van der Waals surface area (Å²) in [5.74, 6) is -0.927. The number of aliphatic carboxylic acids is 1. The first-order valence-corrected chi connectivity index (χ1v) is 7.83. The van der Waals surface area contributed by atoms with Crippen LogP contribution in [0.25, 0.3) is 0 Å². The van der Waals surface area contributed by atoms with Crippen molar-refractivity contribution in [3.8, 4) is 0 Å². The lowest BCUT2D eigenvalue weighted by Gasteiger charge is -2.17. The second-order valence-corrected chi connectivity index (χ2v) is 5.64. The summed E-state index contributed by atoms with van der Waals surface area (Å²) in [6.45, 7) is 0.812. The van der Waals surface area contributed by atoms with Gasteiger partial charge >= 0.3 is 13.1 Å². The van der Waals surface area contributed by atoms with E-state index in [1.807, 2.05) is 0 Å². The molecule has 24 heavy (non-hydrogen) atoms. The van der Waals surface area contributed by atoms with Gasteiger partial charge in [-0.1, -0.05) is 6.07 Å². The molecule has 0 aliphatic rings. The Morgan fingerprint density at radius 3 is 2.46 bits per heavy atom. The Morgan fingerprint density at radius 2 is 1.83 bits per heavy atom. The summed E-state index contributed by atoms with van der Waals surface area (Å²) in [5.41, 5.74) is -0.0143. The molecule has 0 unspecified atom stereocenters. The molecule has 9 heteroatoms. The van der Waals surface area contributed by atoms with Gasteiger partial charge in [-0.2, -0.15) is 0 Å².